The van der Waals surface area contributed by atoms with Crippen molar-refractivity contribution in [3.05, 3.63) is 54.6 Å². The van der Waals surface area contributed by atoms with Crippen molar-refractivity contribution in [1.82, 2.24) is 9.21 Å². The number of nitrogens with one attached hydrogen (secondary N) is 1. The number of likely N-dealkylation sites (tertiary alicyclic amines) is 1. The third kappa shape index (κ3) is 6.29. The van der Waals surface area contributed by atoms with E-state index in [1.165, 1.54) is 10.6 Å². The Morgan fingerprint density at radius 1 is 1.10 bits per heavy atom. The maximum atomic E-state index is 12.5. The van der Waals surface area contributed by atoms with Gasteiger partial charge in [-0.25, -0.2) is 12.7 Å². The van der Waals surface area contributed by atoms with Crippen LogP contribution in [0.2, 0.25) is 0 Å². The number of sulfonamides is 1. The van der Waals surface area contributed by atoms with Gasteiger partial charge in [-0.15, -0.1) is 0 Å². The summed E-state index contributed by atoms with van der Waals surface area (Å²) in [5.41, 5.74) is 0.639. The fourth-order valence-corrected chi connectivity index (χ4v) is 4.28. The van der Waals surface area contributed by atoms with Crippen molar-refractivity contribution in [3.8, 4) is 11.5 Å². The summed E-state index contributed by atoms with van der Waals surface area (Å²) in [5.74, 6) is 1.23. The number of para-hydroxylation sites is 3. The lowest BCUT2D eigenvalue weighted by molar-refractivity contribution is -0.116. The first-order valence-electron chi connectivity index (χ1n) is 10.1. The normalized spacial score (nSPS) is 15.8. The molecule has 0 radical (unpaired) electrons. The zero-order valence-electron chi connectivity index (χ0n) is 17.5. The van der Waals surface area contributed by atoms with Gasteiger partial charge >= 0.3 is 0 Å². The number of hydrogen-bond donors (Lipinski definition) is 1. The first-order valence-corrected chi connectivity index (χ1v) is 11.9. The predicted octanol–water partition coefficient (Wildman–Crippen LogP) is 3.16. The lowest BCUT2D eigenvalue weighted by atomic mass is 10.1. The molecule has 2 aromatic carbocycles. The Morgan fingerprint density at radius 2 is 1.73 bits per heavy atom. The first-order chi connectivity index (χ1) is 14.3. The van der Waals surface area contributed by atoms with Crippen LogP contribution in [0.15, 0.2) is 54.6 Å². The van der Waals surface area contributed by atoms with Crippen LogP contribution in [-0.4, -0.2) is 62.5 Å². The van der Waals surface area contributed by atoms with Crippen molar-refractivity contribution in [2.75, 3.05) is 38.3 Å². The number of hydrogen-bond acceptors (Lipinski definition) is 5. The number of carbonyl (C=O) groups excluding carboxylic acids is 1. The van der Waals surface area contributed by atoms with Gasteiger partial charge in [0, 0.05) is 26.1 Å². The Morgan fingerprint density at radius 3 is 2.40 bits per heavy atom. The molecule has 162 valence electrons. The summed E-state index contributed by atoms with van der Waals surface area (Å²) in [6.07, 6.45) is 3.16. The first kappa shape index (κ1) is 22.3. The summed E-state index contributed by atoms with van der Waals surface area (Å²) >= 11 is 0. The molecule has 1 N–H and O–H groups in total. The molecule has 8 heteroatoms. The number of ether oxygens (including phenoxy) is 1. The average molecular weight is 432 g/mol. The van der Waals surface area contributed by atoms with E-state index in [-0.39, 0.29) is 11.9 Å². The highest BCUT2D eigenvalue weighted by atomic mass is 32.2. The highest BCUT2D eigenvalue weighted by molar-refractivity contribution is 7.88. The van der Waals surface area contributed by atoms with Crippen LogP contribution in [0.1, 0.15) is 19.3 Å². The molecule has 0 saturated carbocycles. The second kappa shape index (κ2) is 10.1. The van der Waals surface area contributed by atoms with Crippen LogP contribution in [0.3, 0.4) is 0 Å². The maximum absolute atomic E-state index is 12.5. The van der Waals surface area contributed by atoms with Crippen LogP contribution in [0, 0.1) is 0 Å². The number of anilines is 1. The van der Waals surface area contributed by atoms with Gasteiger partial charge in [-0.3, -0.25) is 4.79 Å². The van der Waals surface area contributed by atoms with E-state index in [0.717, 1.165) is 25.9 Å². The molecule has 1 fully saturated rings. The van der Waals surface area contributed by atoms with Gasteiger partial charge in [-0.1, -0.05) is 30.3 Å². The Bertz CT molecular complexity index is 942. The van der Waals surface area contributed by atoms with Gasteiger partial charge in [-0.2, -0.15) is 0 Å². The van der Waals surface area contributed by atoms with Gasteiger partial charge in [-0.05, 0) is 50.2 Å². The molecule has 0 atom stereocenters. The summed E-state index contributed by atoms with van der Waals surface area (Å²) < 4.78 is 30.7. The minimum atomic E-state index is -3.17. The quantitative estimate of drug-likeness (QED) is 0.695. The standard InChI is InChI=1S/C22H29N3O4S/c1-24(30(2,27)28)18-12-15-25(16-13-18)17-14-22(26)23-20-10-6-7-11-21(20)29-19-8-4-3-5-9-19/h3-11,18H,12-17H2,1-2H3,(H,23,26). The second-order valence-electron chi connectivity index (χ2n) is 7.56. The fourth-order valence-electron chi connectivity index (χ4n) is 3.52. The molecule has 1 heterocycles. The highest BCUT2D eigenvalue weighted by Gasteiger charge is 2.27. The SMILES string of the molecule is CN(C1CCN(CCC(=O)Nc2ccccc2Oc2ccccc2)CC1)S(C)(=O)=O. The summed E-state index contributed by atoms with van der Waals surface area (Å²) in [4.78, 5) is 14.7. The Kier molecular flexibility index (Phi) is 7.47. The molecule has 0 aliphatic carbocycles. The van der Waals surface area contributed by atoms with Crippen molar-refractivity contribution in [2.24, 2.45) is 0 Å². The molecule has 1 amide bonds. The average Bonchev–Trinajstić information content (AvgIpc) is 2.74. The molecule has 1 aliphatic heterocycles. The number of piperidine rings is 1. The smallest absolute Gasteiger partial charge is 0.225 e. The van der Waals surface area contributed by atoms with E-state index < -0.39 is 10.0 Å². The summed E-state index contributed by atoms with van der Waals surface area (Å²) in [5, 5.41) is 2.94. The Hall–Kier alpha value is -2.42. The topological polar surface area (TPSA) is 79.0 Å². The molecule has 0 aromatic heterocycles. The van der Waals surface area contributed by atoms with E-state index >= 15 is 0 Å². The molecule has 30 heavy (non-hydrogen) atoms. The maximum Gasteiger partial charge on any atom is 0.225 e. The molecule has 2 aromatic rings. The molecule has 0 unspecified atom stereocenters. The van der Waals surface area contributed by atoms with E-state index in [2.05, 4.69) is 10.2 Å². The van der Waals surface area contributed by atoms with Gasteiger partial charge in [0.05, 0.1) is 11.9 Å². The molecule has 0 bridgehead atoms. The van der Waals surface area contributed by atoms with Crippen molar-refractivity contribution < 1.29 is 17.9 Å². The van der Waals surface area contributed by atoms with Crippen molar-refractivity contribution in [2.45, 2.75) is 25.3 Å². The zero-order valence-corrected chi connectivity index (χ0v) is 18.3. The Labute approximate surface area is 178 Å². The van der Waals surface area contributed by atoms with Crippen LogP contribution in [-0.2, 0) is 14.8 Å². The summed E-state index contributed by atoms with van der Waals surface area (Å²) in [7, 11) is -1.53. The largest absolute Gasteiger partial charge is 0.455 e. The van der Waals surface area contributed by atoms with Crippen molar-refractivity contribution in [1.29, 1.82) is 0 Å². The minimum Gasteiger partial charge on any atom is -0.455 e. The van der Waals surface area contributed by atoms with Gasteiger partial charge in [0.1, 0.15) is 5.75 Å². The second-order valence-corrected chi connectivity index (χ2v) is 9.60. The number of amides is 1. The van der Waals surface area contributed by atoms with E-state index in [1.807, 2.05) is 54.6 Å². The molecular weight excluding hydrogens is 402 g/mol. The van der Waals surface area contributed by atoms with Crippen molar-refractivity contribution in [3.63, 3.8) is 0 Å². The van der Waals surface area contributed by atoms with E-state index in [1.54, 1.807) is 7.05 Å². The molecule has 7 nitrogen and oxygen atoms in total. The van der Waals surface area contributed by atoms with Gasteiger partial charge in [0.15, 0.2) is 5.75 Å². The van der Waals surface area contributed by atoms with E-state index in [9.17, 15) is 13.2 Å². The lowest BCUT2D eigenvalue weighted by Gasteiger charge is -2.35. The highest BCUT2D eigenvalue weighted by Crippen LogP contribution is 2.29. The molecule has 3 rings (SSSR count). The summed E-state index contributed by atoms with van der Waals surface area (Å²) in [6, 6.07) is 16.8. The monoisotopic (exact) mass is 431 g/mol. The van der Waals surface area contributed by atoms with E-state index in [0.29, 0.717) is 30.2 Å². The van der Waals surface area contributed by atoms with Gasteiger partial charge in [0.25, 0.3) is 0 Å². The molecular formula is C22H29N3O4S. The van der Waals surface area contributed by atoms with Crippen LogP contribution < -0.4 is 10.1 Å². The fraction of sp³-hybridized carbons (Fsp3) is 0.409. The minimum absolute atomic E-state index is 0.0343. The number of carbonyl (C=O) groups is 1. The third-order valence-electron chi connectivity index (χ3n) is 5.38. The van der Waals surface area contributed by atoms with Gasteiger partial charge < -0.3 is 15.0 Å². The predicted molar refractivity (Wildman–Crippen MR) is 118 cm³/mol. The van der Waals surface area contributed by atoms with Crippen LogP contribution in [0.5, 0.6) is 11.5 Å². The number of benzene rings is 2. The molecule has 1 saturated heterocycles. The summed E-state index contributed by atoms with van der Waals surface area (Å²) in [6.45, 7) is 2.21. The lowest BCUT2D eigenvalue weighted by Crippen LogP contribution is -2.45. The van der Waals surface area contributed by atoms with Crippen LogP contribution in [0.25, 0.3) is 0 Å². The van der Waals surface area contributed by atoms with Gasteiger partial charge in [0.2, 0.25) is 15.9 Å². The zero-order chi connectivity index (χ0) is 21.6. The van der Waals surface area contributed by atoms with Crippen LogP contribution in [0.4, 0.5) is 5.69 Å². The molecule has 1 aliphatic rings. The molecule has 0 spiro atoms. The van der Waals surface area contributed by atoms with Crippen molar-refractivity contribution >= 4 is 21.6 Å². The van der Waals surface area contributed by atoms with Crippen LogP contribution >= 0.6 is 0 Å². The number of rotatable bonds is 8. The number of nitrogens with zero attached hydrogens (tertiary/aromatic N) is 2. The third-order valence-corrected chi connectivity index (χ3v) is 6.73. The van der Waals surface area contributed by atoms with E-state index in [4.69, 9.17) is 4.74 Å². The Balaban J connectivity index is 1.48.